The van der Waals surface area contributed by atoms with Gasteiger partial charge in [-0.3, -0.25) is 0 Å². The monoisotopic (exact) mass is 376 g/mol. The Morgan fingerprint density at radius 1 is 1.19 bits per heavy atom. The van der Waals surface area contributed by atoms with Crippen LogP contribution in [0.4, 0.5) is 0 Å². The van der Waals surface area contributed by atoms with Crippen molar-refractivity contribution >= 4 is 11.6 Å². The number of rotatable bonds is 7. The van der Waals surface area contributed by atoms with E-state index in [1.165, 1.54) is 14.2 Å². The van der Waals surface area contributed by atoms with Crippen LogP contribution in [0.25, 0.3) is 5.82 Å². The van der Waals surface area contributed by atoms with E-state index in [2.05, 4.69) is 26.6 Å². The lowest BCUT2D eigenvalue weighted by Crippen LogP contribution is -2.08. The molecule has 0 atom stereocenters. The van der Waals surface area contributed by atoms with E-state index in [-0.39, 0.29) is 5.88 Å². The second-order valence-electron chi connectivity index (χ2n) is 5.39. The molecule has 0 fully saturated rings. The number of nitrogens with zero attached hydrogens (tertiary/aromatic N) is 5. The number of ether oxygens (including phenoxy) is 2. The van der Waals surface area contributed by atoms with E-state index in [9.17, 15) is 0 Å². The van der Waals surface area contributed by atoms with Crippen LogP contribution in [0.2, 0.25) is 5.15 Å². The Kier molecular flexibility index (Phi) is 6.35. The molecule has 0 aromatic carbocycles. The summed E-state index contributed by atoms with van der Waals surface area (Å²) in [6.45, 7) is 7.60. The predicted molar refractivity (Wildman–Crippen MR) is 98.6 cm³/mol. The number of nitrogens with two attached hydrogens (primary N) is 1. The molecule has 9 heteroatoms. The van der Waals surface area contributed by atoms with E-state index < -0.39 is 0 Å². The van der Waals surface area contributed by atoms with E-state index in [0.717, 1.165) is 5.57 Å². The van der Waals surface area contributed by atoms with E-state index >= 15 is 0 Å². The Hall–Kier alpha value is -2.87. The van der Waals surface area contributed by atoms with Gasteiger partial charge in [0, 0.05) is 12.5 Å². The standard InChI is InChI=1S/C17H21ClN6O2/c1-10(6-7-13(25-4)17(19)26-5)8-15-22-12(3)23-24(15)16-9-14(18)20-11(2)21-16/h6-7,9H,1,8,19H2,2-5H3/b7-6-,17-13-. The summed E-state index contributed by atoms with van der Waals surface area (Å²) in [5.74, 6) is 2.98. The normalized spacial score (nSPS) is 12.2. The van der Waals surface area contributed by atoms with Crippen LogP contribution in [0, 0.1) is 13.8 Å². The minimum absolute atomic E-state index is 0.182. The third-order valence-corrected chi connectivity index (χ3v) is 3.52. The third kappa shape index (κ3) is 4.82. The highest BCUT2D eigenvalue weighted by atomic mass is 35.5. The summed E-state index contributed by atoms with van der Waals surface area (Å²) in [6, 6.07) is 1.63. The molecule has 2 aromatic heterocycles. The molecule has 0 aliphatic carbocycles. The second kappa shape index (κ2) is 8.48. The third-order valence-electron chi connectivity index (χ3n) is 3.33. The van der Waals surface area contributed by atoms with Gasteiger partial charge in [-0.05, 0) is 25.5 Å². The van der Waals surface area contributed by atoms with E-state index in [1.807, 2.05) is 0 Å². The first-order chi connectivity index (χ1) is 12.3. The molecule has 0 aliphatic rings. The van der Waals surface area contributed by atoms with E-state index in [0.29, 0.717) is 40.6 Å². The van der Waals surface area contributed by atoms with Crippen LogP contribution in [-0.2, 0) is 15.9 Å². The van der Waals surface area contributed by atoms with Crippen molar-refractivity contribution in [2.24, 2.45) is 5.73 Å². The number of aromatic nitrogens is 5. The zero-order chi connectivity index (χ0) is 19.3. The molecular formula is C17H21ClN6O2. The summed E-state index contributed by atoms with van der Waals surface area (Å²) < 4.78 is 11.7. The number of hydrogen-bond acceptors (Lipinski definition) is 7. The van der Waals surface area contributed by atoms with Gasteiger partial charge >= 0.3 is 0 Å². The van der Waals surface area contributed by atoms with Crippen molar-refractivity contribution in [2.45, 2.75) is 20.3 Å². The fourth-order valence-corrected chi connectivity index (χ4v) is 2.41. The SMILES string of the molecule is C=C(/C=C\C(OC)=C(/N)OC)Cc1nc(C)nn1-c1cc(Cl)nc(C)n1. The van der Waals surface area contributed by atoms with Gasteiger partial charge in [0.05, 0.1) is 14.2 Å². The van der Waals surface area contributed by atoms with Crippen LogP contribution >= 0.6 is 11.6 Å². The average molecular weight is 377 g/mol. The maximum absolute atomic E-state index is 6.02. The summed E-state index contributed by atoms with van der Waals surface area (Å²) >= 11 is 6.02. The van der Waals surface area contributed by atoms with Gasteiger partial charge < -0.3 is 15.2 Å². The lowest BCUT2D eigenvalue weighted by atomic mass is 10.2. The molecule has 0 unspecified atom stereocenters. The summed E-state index contributed by atoms with van der Waals surface area (Å²) in [5.41, 5.74) is 6.47. The smallest absolute Gasteiger partial charge is 0.227 e. The lowest BCUT2D eigenvalue weighted by Gasteiger charge is -2.07. The van der Waals surface area contributed by atoms with Crippen molar-refractivity contribution in [1.29, 1.82) is 0 Å². The van der Waals surface area contributed by atoms with Gasteiger partial charge in [-0.15, -0.1) is 5.10 Å². The van der Waals surface area contributed by atoms with E-state index in [4.69, 9.17) is 26.8 Å². The number of halogens is 1. The van der Waals surface area contributed by atoms with E-state index in [1.54, 1.807) is 36.7 Å². The van der Waals surface area contributed by atoms with Crippen LogP contribution in [0.5, 0.6) is 0 Å². The maximum atomic E-state index is 6.02. The minimum atomic E-state index is 0.182. The highest BCUT2D eigenvalue weighted by Gasteiger charge is 2.13. The van der Waals surface area contributed by atoms with Crippen molar-refractivity contribution in [3.05, 3.63) is 64.6 Å². The number of allylic oxidation sites excluding steroid dienone is 3. The Morgan fingerprint density at radius 3 is 2.54 bits per heavy atom. The average Bonchev–Trinajstić information content (AvgIpc) is 2.94. The molecule has 2 rings (SSSR count). The predicted octanol–water partition coefficient (Wildman–Crippen LogP) is 2.40. The fourth-order valence-electron chi connectivity index (χ4n) is 2.19. The summed E-state index contributed by atoms with van der Waals surface area (Å²) in [5, 5.41) is 4.73. The Morgan fingerprint density at radius 2 is 1.92 bits per heavy atom. The molecule has 26 heavy (non-hydrogen) atoms. The number of methoxy groups -OCH3 is 2. The van der Waals surface area contributed by atoms with Crippen LogP contribution in [-0.4, -0.2) is 39.0 Å². The molecule has 0 saturated heterocycles. The zero-order valence-corrected chi connectivity index (χ0v) is 15.9. The molecule has 2 aromatic rings. The Bertz CT molecular complexity index is 852. The fraction of sp³-hybridized carbons (Fsp3) is 0.294. The number of aryl methyl sites for hydroxylation is 2. The largest absolute Gasteiger partial charge is 0.491 e. The minimum Gasteiger partial charge on any atom is -0.491 e. The lowest BCUT2D eigenvalue weighted by molar-refractivity contribution is 0.228. The molecule has 2 heterocycles. The van der Waals surface area contributed by atoms with Gasteiger partial charge in [0.1, 0.15) is 22.6 Å². The molecule has 0 amide bonds. The quantitative estimate of drug-likeness (QED) is 0.449. The Balaban J connectivity index is 2.27. The van der Waals surface area contributed by atoms with Gasteiger partial charge in [0.15, 0.2) is 11.6 Å². The maximum Gasteiger partial charge on any atom is 0.227 e. The number of hydrogen-bond donors (Lipinski definition) is 1. The van der Waals surface area contributed by atoms with Crippen molar-refractivity contribution in [2.75, 3.05) is 14.2 Å². The zero-order valence-electron chi connectivity index (χ0n) is 15.2. The first-order valence-corrected chi connectivity index (χ1v) is 8.09. The highest BCUT2D eigenvalue weighted by Crippen LogP contribution is 2.15. The van der Waals surface area contributed by atoms with Crippen LogP contribution in [0.3, 0.4) is 0 Å². The topological polar surface area (TPSA) is 101 Å². The second-order valence-corrected chi connectivity index (χ2v) is 5.78. The first-order valence-electron chi connectivity index (χ1n) is 7.71. The molecule has 0 spiro atoms. The first kappa shape index (κ1) is 19.5. The van der Waals surface area contributed by atoms with Crippen molar-refractivity contribution in [3.63, 3.8) is 0 Å². The highest BCUT2D eigenvalue weighted by molar-refractivity contribution is 6.29. The van der Waals surface area contributed by atoms with Gasteiger partial charge in [0.2, 0.25) is 5.88 Å². The molecule has 0 radical (unpaired) electrons. The van der Waals surface area contributed by atoms with Crippen LogP contribution in [0.1, 0.15) is 17.5 Å². The van der Waals surface area contributed by atoms with Crippen molar-refractivity contribution < 1.29 is 9.47 Å². The van der Waals surface area contributed by atoms with Gasteiger partial charge in [0.25, 0.3) is 0 Å². The Labute approximate surface area is 157 Å². The van der Waals surface area contributed by atoms with Crippen molar-refractivity contribution in [3.8, 4) is 5.82 Å². The molecule has 138 valence electrons. The summed E-state index contributed by atoms with van der Waals surface area (Å²) in [7, 11) is 2.98. The molecule has 0 saturated carbocycles. The summed E-state index contributed by atoms with van der Waals surface area (Å²) in [4.78, 5) is 12.9. The molecule has 0 aliphatic heterocycles. The molecule has 2 N–H and O–H groups in total. The van der Waals surface area contributed by atoms with Crippen LogP contribution in [0.15, 0.2) is 42.0 Å². The van der Waals surface area contributed by atoms with Crippen LogP contribution < -0.4 is 5.73 Å². The van der Waals surface area contributed by atoms with Crippen molar-refractivity contribution in [1.82, 2.24) is 24.7 Å². The molecule has 8 nitrogen and oxygen atoms in total. The van der Waals surface area contributed by atoms with Gasteiger partial charge in [-0.1, -0.05) is 24.3 Å². The molecule has 0 bridgehead atoms. The molecular weight excluding hydrogens is 356 g/mol. The van der Waals surface area contributed by atoms with Gasteiger partial charge in [-0.2, -0.15) is 4.68 Å². The summed E-state index contributed by atoms with van der Waals surface area (Å²) in [6.07, 6.45) is 3.90. The van der Waals surface area contributed by atoms with Gasteiger partial charge in [-0.25, -0.2) is 15.0 Å².